The second-order valence-electron chi connectivity index (χ2n) is 6.47. The van der Waals surface area contributed by atoms with Gasteiger partial charge in [-0.15, -0.1) is 0 Å². The number of rotatable bonds is 2. The first kappa shape index (κ1) is 12.6. The zero-order valence-electron chi connectivity index (χ0n) is 11.2. The van der Waals surface area contributed by atoms with Crippen molar-refractivity contribution >= 4 is 5.78 Å². The molecule has 2 saturated heterocycles. The average Bonchev–Trinajstić information content (AvgIpc) is 2.54. The summed E-state index contributed by atoms with van der Waals surface area (Å²) in [6, 6.07) is 1.10. The summed E-state index contributed by atoms with van der Waals surface area (Å²) in [6.07, 6.45) is 9.66. The molecular formula is C15H25NO2. The first-order valence-electron chi connectivity index (χ1n) is 7.70. The predicted molar refractivity (Wildman–Crippen MR) is 70.3 cm³/mol. The predicted octanol–water partition coefficient (Wildman–Crippen LogP) is 2.12. The molecule has 3 fully saturated rings. The summed E-state index contributed by atoms with van der Waals surface area (Å²) < 4.78 is 0. The van der Waals surface area contributed by atoms with Crippen molar-refractivity contribution in [3.05, 3.63) is 0 Å². The van der Waals surface area contributed by atoms with Crippen molar-refractivity contribution in [1.29, 1.82) is 0 Å². The number of Topliss-reactive ketones (excluding diaryl/α,β-unsaturated/α-hetero) is 1. The molecule has 3 atom stereocenters. The van der Waals surface area contributed by atoms with Gasteiger partial charge in [0.2, 0.25) is 0 Å². The molecule has 1 N–H and O–H groups in total. The van der Waals surface area contributed by atoms with Gasteiger partial charge in [0, 0.05) is 31.0 Å². The first-order chi connectivity index (χ1) is 8.74. The molecule has 3 unspecified atom stereocenters. The summed E-state index contributed by atoms with van der Waals surface area (Å²) in [7, 11) is 0. The summed E-state index contributed by atoms with van der Waals surface area (Å²) in [6.45, 7) is 0.973. The molecule has 2 bridgehead atoms. The number of carbonyl (C=O) groups excluding carboxylic acids is 1. The molecule has 1 aliphatic carbocycles. The van der Waals surface area contributed by atoms with Crippen molar-refractivity contribution in [2.24, 2.45) is 5.92 Å². The summed E-state index contributed by atoms with van der Waals surface area (Å²) in [5.74, 6) is 0.781. The highest BCUT2D eigenvalue weighted by Crippen LogP contribution is 2.37. The zero-order valence-corrected chi connectivity index (χ0v) is 11.2. The van der Waals surface area contributed by atoms with Crippen molar-refractivity contribution in [2.75, 3.05) is 6.54 Å². The van der Waals surface area contributed by atoms with Crippen molar-refractivity contribution < 1.29 is 9.90 Å². The number of hydrogen-bond acceptors (Lipinski definition) is 3. The van der Waals surface area contributed by atoms with Crippen LogP contribution in [0.25, 0.3) is 0 Å². The molecular weight excluding hydrogens is 226 g/mol. The van der Waals surface area contributed by atoms with Crippen molar-refractivity contribution in [3.8, 4) is 0 Å². The Morgan fingerprint density at radius 3 is 2.50 bits per heavy atom. The van der Waals surface area contributed by atoms with Crippen LogP contribution in [0.5, 0.6) is 0 Å². The maximum atomic E-state index is 12.1. The molecule has 18 heavy (non-hydrogen) atoms. The third kappa shape index (κ3) is 2.48. The van der Waals surface area contributed by atoms with E-state index in [4.69, 9.17) is 0 Å². The Hall–Kier alpha value is -0.410. The van der Waals surface area contributed by atoms with Crippen LogP contribution in [0.2, 0.25) is 0 Å². The standard InChI is InChI=1S/C15H25NO2/c17-14-8-12-6-7-13(9-14)16(12)10-11-4-2-1-3-5-15(11)18/h11-14,17H,1-10H2. The van der Waals surface area contributed by atoms with Gasteiger partial charge in [0.15, 0.2) is 0 Å². The number of fused-ring (bicyclic) bond motifs is 2. The molecule has 0 aromatic carbocycles. The normalized spacial score (nSPS) is 41.9. The maximum absolute atomic E-state index is 12.1. The Morgan fingerprint density at radius 2 is 1.78 bits per heavy atom. The maximum Gasteiger partial charge on any atom is 0.137 e. The van der Waals surface area contributed by atoms with E-state index in [1.165, 1.54) is 25.7 Å². The van der Waals surface area contributed by atoms with E-state index in [-0.39, 0.29) is 12.0 Å². The van der Waals surface area contributed by atoms with Gasteiger partial charge in [-0.05, 0) is 38.5 Å². The fourth-order valence-electron chi connectivity index (χ4n) is 4.22. The van der Waals surface area contributed by atoms with Gasteiger partial charge in [0.05, 0.1) is 6.10 Å². The van der Waals surface area contributed by atoms with Crippen LogP contribution in [-0.2, 0) is 4.79 Å². The molecule has 0 radical (unpaired) electrons. The number of ketones is 1. The Balaban J connectivity index is 1.63. The summed E-state index contributed by atoms with van der Waals surface area (Å²) in [5, 5.41) is 9.82. The van der Waals surface area contributed by atoms with Gasteiger partial charge in [-0.2, -0.15) is 0 Å². The number of aliphatic hydroxyl groups is 1. The van der Waals surface area contributed by atoms with Gasteiger partial charge in [0.1, 0.15) is 5.78 Å². The van der Waals surface area contributed by atoms with Crippen LogP contribution in [-0.4, -0.2) is 40.5 Å². The smallest absolute Gasteiger partial charge is 0.137 e. The van der Waals surface area contributed by atoms with E-state index in [1.807, 2.05) is 0 Å². The molecule has 1 saturated carbocycles. The lowest BCUT2D eigenvalue weighted by Crippen LogP contribution is -2.47. The largest absolute Gasteiger partial charge is 0.393 e. The van der Waals surface area contributed by atoms with E-state index < -0.39 is 0 Å². The van der Waals surface area contributed by atoms with Crippen molar-refractivity contribution in [3.63, 3.8) is 0 Å². The minimum Gasteiger partial charge on any atom is -0.393 e. The minimum absolute atomic E-state index is 0.0939. The van der Waals surface area contributed by atoms with Crippen molar-refractivity contribution in [2.45, 2.75) is 76.0 Å². The Kier molecular flexibility index (Phi) is 3.71. The van der Waals surface area contributed by atoms with Crippen LogP contribution in [0.3, 0.4) is 0 Å². The van der Waals surface area contributed by atoms with Gasteiger partial charge < -0.3 is 5.11 Å². The van der Waals surface area contributed by atoms with E-state index in [1.54, 1.807) is 0 Å². The second-order valence-corrected chi connectivity index (χ2v) is 6.47. The highest BCUT2D eigenvalue weighted by molar-refractivity contribution is 5.81. The average molecular weight is 251 g/mol. The lowest BCUT2D eigenvalue weighted by atomic mass is 9.94. The van der Waals surface area contributed by atoms with Crippen LogP contribution in [0, 0.1) is 5.92 Å². The monoisotopic (exact) mass is 251 g/mol. The van der Waals surface area contributed by atoms with Gasteiger partial charge in [-0.25, -0.2) is 0 Å². The Labute approximate surface area is 110 Å². The number of aliphatic hydroxyl groups excluding tert-OH is 1. The Bertz CT molecular complexity index is 304. The quantitative estimate of drug-likeness (QED) is 0.764. The Morgan fingerprint density at radius 1 is 1.06 bits per heavy atom. The zero-order chi connectivity index (χ0) is 12.5. The lowest BCUT2D eigenvalue weighted by Gasteiger charge is -2.38. The van der Waals surface area contributed by atoms with E-state index in [9.17, 15) is 9.90 Å². The minimum atomic E-state index is -0.0939. The van der Waals surface area contributed by atoms with Gasteiger partial charge >= 0.3 is 0 Å². The second kappa shape index (κ2) is 5.30. The van der Waals surface area contributed by atoms with Crippen LogP contribution < -0.4 is 0 Å². The summed E-state index contributed by atoms with van der Waals surface area (Å²) >= 11 is 0. The highest BCUT2D eigenvalue weighted by atomic mass is 16.3. The molecule has 3 aliphatic rings. The molecule has 0 aromatic heterocycles. The molecule has 3 nitrogen and oxygen atoms in total. The summed E-state index contributed by atoms with van der Waals surface area (Å²) in [5.41, 5.74) is 0. The fourth-order valence-corrected chi connectivity index (χ4v) is 4.22. The van der Waals surface area contributed by atoms with E-state index >= 15 is 0 Å². The molecule has 0 aromatic rings. The van der Waals surface area contributed by atoms with Crippen LogP contribution in [0.15, 0.2) is 0 Å². The number of hydrogen-bond donors (Lipinski definition) is 1. The fraction of sp³-hybridized carbons (Fsp3) is 0.933. The third-order valence-corrected chi connectivity index (χ3v) is 5.22. The van der Waals surface area contributed by atoms with Gasteiger partial charge in [-0.3, -0.25) is 9.69 Å². The molecule has 0 spiro atoms. The molecule has 0 amide bonds. The number of piperidine rings is 1. The van der Waals surface area contributed by atoms with Gasteiger partial charge in [0.25, 0.3) is 0 Å². The van der Waals surface area contributed by atoms with Crippen molar-refractivity contribution in [1.82, 2.24) is 4.90 Å². The van der Waals surface area contributed by atoms with E-state index in [2.05, 4.69) is 4.90 Å². The van der Waals surface area contributed by atoms with E-state index in [0.717, 1.165) is 38.6 Å². The van der Waals surface area contributed by atoms with Crippen LogP contribution in [0.1, 0.15) is 57.8 Å². The molecule has 2 aliphatic heterocycles. The van der Waals surface area contributed by atoms with Gasteiger partial charge in [-0.1, -0.05) is 12.8 Å². The first-order valence-corrected chi connectivity index (χ1v) is 7.70. The van der Waals surface area contributed by atoms with E-state index in [0.29, 0.717) is 17.9 Å². The number of nitrogens with zero attached hydrogens (tertiary/aromatic N) is 1. The number of carbonyl (C=O) groups is 1. The molecule has 102 valence electrons. The van der Waals surface area contributed by atoms with Crippen LogP contribution in [0.4, 0.5) is 0 Å². The highest BCUT2D eigenvalue weighted by Gasteiger charge is 2.41. The summed E-state index contributed by atoms with van der Waals surface area (Å²) in [4.78, 5) is 14.7. The molecule has 3 rings (SSSR count). The SMILES string of the molecule is O=C1CCCCCC1CN1C2CCC1CC(O)C2. The third-order valence-electron chi connectivity index (χ3n) is 5.22. The lowest BCUT2D eigenvalue weighted by molar-refractivity contribution is -0.123. The van der Waals surface area contributed by atoms with Crippen LogP contribution >= 0.6 is 0 Å². The molecule has 2 heterocycles. The molecule has 3 heteroatoms. The topological polar surface area (TPSA) is 40.5 Å².